The maximum absolute atomic E-state index is 11.2. The van der Waals surface area contributed by atoms with Crippen LogP contribution in [0.1, 0.15) is 40.0 Å². The molecule has 0 aromatic heterocycles. The largest absolute Gasteiger partial charge is 0.451 e. The van der Waals surface area contributed by atoms with Crippen LogP contribution in [0.15, 0.2) is 0 Å². The van der Waals surface area contributed by atoms with Gasteiger partial charge < -0.3 is 15.4 Å². The lowest BCUT2D eigenvalue weighted by Gasteiger charge is -2.40. The van der Waals surface area contributed by atoms with Crippen LogP contribution < -0.4 is 0 Å². The van der Waals surface area contributed by atoms with Crippen molar-refractivity contribution in [2.75, 3.05) is 0 Å². The minimum absolute atomic E-state index is 0.258. The van der Waals surface area contributed by atoms with Crippen LogP contribution in [0.5, 0.6) is 0 Å². The van der Waals surface area contributed by atoms with Gasteiger partial charge in [-0.2, -0.15) is 4.79 Å². The Labute approximate surface area is 101 Å². The van der Waals surface area contributed by atoms with Gasteiger partial charge in [-0.1, -0.05) is 13.8 Å². The molecule has 1 saturated carbocycles. The van der Waals surface area contributed by atoms with Crippen LogP contribution in [0.2, 0.25) is 0 Å². The van der Waals surface area contributed by atoms with E-state index in [0.29, 0.717) is 12.3 Å². The number of aliphatic hydroxyl groups excluding tert-OH is 1. The molecule has 0 amide bonds. The second-order valence-corrected chi connectivity index (χ2v) is 5.33. The Morgan fingerprint density at radius 3 is 2.76 bits per heavy atom. The molecule has 0 spiro atoms. The Morgan fingerprint density at radius 1 is 1.65 bits per heavy atom. The van der Waals surface area contributed by atoms with Crippen molar-refractivity contribution in [3.63, 3.8) is 0 Å². The minimum Gasteiger partial charge on any atom is -0.451 e. The van der Waals surface area contributed by atoms with Crippen LogP contribution in [0.25, 0.3) is 5.53 Å². The monoisotopic (exact) mass is 240 g/mol. The highest BCUT2D eigenvalue weighted by Crippen LogP contribution is 2.37. The van der Waals surface area contributed by atoms with E-state index in [1.165, 1.54) is 0 Å². The minimum atomic E-state index is -0.676. The molecule has 17 heavy (non-hydrogen) atoms. The molecule has 1 N–H and O–H groups in total. The van der Waals surface area contributed by atoms with Crippen molar-refractivity contribution in [3.8, 4) is 0 Å². The summed E-state index contributed by atoms with van der Waals surface area (Å²) in [5, 5.41) is 10.0. The van der Waals surface area contributed by atoms with Gasteiger partial charge >= 0.3 is 12.2 Å². The van der Waals surface area contributed by atoms with Crippen molar-refractivity contribution in [1.29, 1.82) is 0 Å². The second kappa shape index (κ2) is 5.43. The fourth-order valence-electron chi connectivity index (χ4n) is 2.55. The van der Waals surface area contributed by atoms with Gasteiger partial charge in [0.05, 0.1) is 6.10 Å². The number of nitrogens with zero attached hydrogens (tertiary/aromatic N) is 2. The molecule has 1 rings (SSSR count). The molecule has 0 heterocycles. The smallest absolute Gasteiger partial charge is 0.414 e. The molecular weight excluding hydrogens is 220 g/mol. The summed E-state index contributed by atoms with van der Waals surface area (Å²) in [7, 11) is 0. The number of carbonyl (C=O) groups is 1. The third kappa shape index (κ3) is 3.65. The fraction of sp³-hybridized carbons (Fsp3) is 0.833. The van der Waals surface area contributed by atoms with Crippen LogP contribution >= 0.6 is 0 Å². The van der Waals surface area contributed by atoms with E-state index < -0.39 is 17.7 Å². The molecule has 5 heteroatoms. The number of esters is 1. The van der Waals surface area contributed by atoms with E-state index in [-0.39, 0.29) is 5.92 Å². The third-order valence-corrected chi connectivity index (χ3v) is 3.51. The normalized spacial score (nSPS) is 33.0. The van der Waals surface area contributed by atoms with Gasteiger partial charge in [-0.3, -0.25) is 0 Å². The van der Waals surface area contributed by atoms with Gasteiger partial charge in [0.2, 0.25) is 0 Å². The molecule has 1 fully saturated rings. The third-order valence-electron chi connectivity index (χ3n) is 3.51. The molecule has 0 saturated heterocycles. The summed E-state index contributed by atoms with van der Waals surface area (Å²) in [5.74, 6) is 0.00254. The zero-order chi connectivity index (χ0) is 13.1. The summed E-state index contributed by atoms with van der Waals surface area (Å²) < 4.78 is 5.21. The first kappa shape index (κ1) is 13.9. The predicted octanol–water partition coefficient (Wildman–Crippen LogP) is 1.41. The lowest BCUT2D eigenvalue weighted by Crippen LogP contribution is -2.44. The van der Waals surface area contributed by atoms with Crippen molar-refractivity contribution in [2.24, 2.45) is 11.8 Å². The molecule has 0 aromatic carbocycles. The first-order chi connectivity index (χ1) is 7.88. The van der Waals surface area contributed by atoms with Crippen LogP contribution in [-0.2, 0) is 9.53 Å². The second-order valence-electron chi connectivity index (χ2n) is 5.33. The van der Waals surface area contributed by atoms with Crippen LogP contribution in [-0.4, -0.2) is 33.8 Å². The van der Waals surface area contributed by atoms with Gasteiger partial charge in [0.1, 0.15) is 5.60 Å². The Balaban J connectivity index is 2.63. The van der Waals surface area contributed by atoms with Crippen molar-refractivity contribution in [2.45, 2.75) is 51.7 Å². The zero-order valence-electron chi connectivity index (χ0n) is 10.6. The van der Waals surface area contributed by atoms with Gasteiger partial charge in [-0.25, -0.2) is 4.79 Å². The van der Waals surface area contributed by atoms with E-state index in [2.05, 4.69) is 18.6 Å². The first-order valence-electron chi connectivity index (χ1n) is 5.96. The Kier molecular flexibility index (Phi) is 4.43. The maximum atomic E-state index is 11.2. The van der Waals surface area contributed by atoms with Crippen molar-refractivity contribution >= 4 is 12.2 Å². The van der Waals surface area contributed by atoms with E-state index in [1.807, 2.05) is 0 Å². The lowest BCUT2D eigenvalue weighted by atomic mass is 9.73. The van der Waals surface area contributed by atoms with Crippen molar-refractivity contribution < 1.29 is 19.4 Å². The van der Waals surface area contributed by atoms with E-state index in [1.54, 1.807) is 6.92 Å². The number of carbonyl (C=O) groups excluding carboxylic acids is 1. The van der Waals surface area contributed by atoms with Crippen LogP contribution in [0.3, 0.4) is 0 Å². The fourth-order valence-corrected chi connectivity index (χ4v) is 2.55. The van der Waals surface area contributed by atoms with E-state index in [4.69, 9.17) is 10.3 Å². The molecule has 96 valence electrons. The van der Waals surface area contributed by atoms with Crippen molar-refractivity contribution in [1.82, 2.24) is 0 Å². The molecule has 0 aromatic rings. The summed E-state index contributed by atoms with van der Waals surface area (Å²) in [6.45, 7) is 5.97. The summed E-state index contributed by atoms with van der Waals surface area (Å²) in [6.07, 6.45) is 2.26. The first-order valence-corrected chi connectivity index (χ1v) is 5.96. The molecule has 0 unspecified atom stereocenters. The zero-order valence-corrected chi connectivity index (χ0v) is 10.6. The van der Waals surface area contributed by atoms with E-state index >= 15 is 0 Å². The average molecular weight is 240 g/mol. The Morgan fingerprint density at radius 2 is 2.29 bits per heavy atom. The summed E-state index contributed by atoms with van der Waals surface area (Å²) in [6, 6.07) is 0. The number of hydrogen-bond donors (Lipinski definition) is 1. The van der Waals surface area contributed by atoms with E-state index in [9.17, 15) is 9.90 Å². The highest BCUT2D eigenvalue weighted by molar-refractivity contribution is 6.20. The van der Waals surface area contributed by atoms with E-state index in [0.717, 1.165) is 19.1 Å². The number of hydrogen-bond acceptors (Lipinski definition) is 3. The van der Waals surface area contributed by atoms with Gasteiger partial charge in [0, 0.05) is 6.42 Å². The lowest BCUT2D eigenvalue weighted by molar-refractivity contribution is -0.162. The molecular formula is C12H20N2O3. The maximum Gasteiger partial charge on any atom is 0.414 e. The van der Waals surface area contributed by atoms with Gasteiger partial charge in [0.25, 0.3) is 0 Å². The average Bonchev–Trinajstić information content (AvgIpc) is 2.15. The SMILES string of the molecule is CC(C)[C@@H]1CC[C@@](C)(OC(=O)C=[N+]=[N-])C[C@H]1O. The van der Waals surface area contributed by atoms with Crippen molar-refractivity contribution in [3.05, 3.63) is 5.53 Å². The predicted molar refractivity (Wildman–Crippen MR) is 62.4 cm³/mol. The standard InChI is InChI=1S/C12H20N2O3/c1-8(2)9-4-5-12(3,6-10(9)15)17-11(16)7-14-13/h7-10,15H,4-6H2,1-3H3/t9-,10+,12+/m0/s1. The highest BCUT2D eigenvalue weighted by atomic mass is 16.6. The Bertz CT molecular complexity index is 337. The summed E-state index contributed by atoms with van der Waals surface area (Å²) in [5.41, 5.74) is 7.57. The molecule has 3 atom stereocenters. The molecule has 0 bridgehead atoms. The topological polar surface area (TPSA) is 82.9 Å². The van der Waals surface area contributed by atoms with Gasteiger partial charge in [-0.15, -0.1) is 0 Å². The number of rotatable bonds is 3. The summed E-state index contributed by atoms with van der Waals surface area (Å²) >= 11 is 0. The Hall–Kier alpha value is -1.19. The molecule has 1 aliphatic carbocycles. The molecule has 0 radical (unpaired) electrons. The number of aliphatic hydroxyl groups is 1. The number of ether oxygens (including phenoxy) is 1. The molecule has 0 aliphatic heterocycles. The molecule has 5 nitrogen and oxygen atoms in total. The highest BCUT2D eigenvalue weighted by Gasteiger charge is 2.40. The van der Waals surface area contributed by atoms with Crippen LogP contribution in [0, 0.1) is 11.8 Å². The van der Waals surface area contributed by atoms with Gasteiger partial charge in [0.15, 0.2) is 0 Å². The van der Waals surface area contributed by atoms with Crippen LogP contribution in [0.4, 0.5) is 0 Å². The summed E-state index contributed by atoms with van der Waals surface area (Å²) in [4.78, 5) is 13.9. The van der Waals surface area contributed by atoms with Gasteiger partial charge in [-0.05, 0) is 31.6 Å². The quantitative estimate of drug-likeness (QED) is 0.350. The molecule has 1 aliphatic rings.